The molecule has 1 aliphatic rings. The summed E-state index contributed by atoms with van der Waals surface area (Å²) in [5.74, 6) is 0.0134. The third-order valence-corrected chi connectivity index (χ3v) is 7.91. The van der Waals surface area contributed by atoms with E-state index in [1.807, 2.05) is 24.3 Å². The molecule has 1 aromatic heterocycles. The Morgan fingerprint density at radius 1 is 1.03 bits per heavy atom. The Hall–Kier alpha value is -3.34. The smallest absolute Gasteiger partial charge is 0.242 e. The maximum atomic E-state index is 13.6. The normalized spacial score (nSPS) is 15.7. The number of benzene rings is 2. The number of aromatic nitrogens is 2. The number of ether oxygens (including phenoxy) is 1. The van der Waals surface area contributed by atoms with Gasteiger partial charge in [0.25, 0.3) is 0 Å². The molecule has 0 radical (unpaired) electrons. The number of nitrogens with one attached hydrogen (secondary N) is 1. The van der Waals surface area contributed by atoms with Crippen LogP contribution in [0.1, 0.15) is 18.4 Å². The molecule has 0 unspecified atom stereocenters. The average molecular weight is 482 g/mol. The zero-order valence-corrected chi connectivity index (χ0v) is 19.9. The first-order valence-corrected chi connectivity index (χ1v) is 12.3. The van der Waals surface area contributed by atoms with Crippen LogP contribution < -0.4 is 11.1 Å². The molecule has 3 aromatic rings. The van der Waals surface area contributed by atoms with E-state index in [4.69, 9.17) is 10.5 Å². The van der Waals surface area contributed by atoms with Crippen LogP contribution in [0.3, 0.4) is 0 Å². The van der Waals surface area contributed by atoms with Gasteiger partial charge in [0.15, 0.2) is 0 Å². The topological polar surface area (TPSA) is 128 Å². The van der Waals surface area contributed by atoms with Crippen molar-refractivity contribution in [3.63, 3.8) is 0 Å². The maximum Gasteiger partial charge on any atom is 0.242 e. The first kappa shape index (κ1) is 23.8. The molecule has 178 valence electrons. The van der Waals surface area contributed by atoms with Crippen molar-refractivity contribution in [1.29, 1.82) is 0 Å². The first-order valence-electron chi connectivity index (χ1n) is 10.8. The quantitative estimate of drug-likeness (QED) is 0.554. The largest absolute Gasteiger partial charge is 0.381 e. The SMILES string of the molecule is CN(C)S(=O)(=O)c1cccc(NC(=O)C2(c3ccc(-c4cnc(N)nc4)cc3)CCOCC2)c1. The van der Waals surface area contributed by atoms with Crippen molar-refractivity contribution in [2.75, 3.05) is 38.4 Å². The molecule has 0 saturated carbocycles. The van der Waals surface area contributed by atoms with Gasteiger partial charge in [0, 0.05) is 51.0 Å². The number of hydrogen-bond acceptors (Lipinski definition) is 7. The van der Waals surface area contributed by atoms with Gasteiger partial charge in [-0.25, -0.2) is 22.7 Å². The van der Waals surface area contributed by atoms with Crippen molar-refractivity contribution in [1.82, 2.24) is 14.3 Å². The van der Waals surface area contributed by atoms with Crippen LogP contribution >= 0.6 is 0 Å². The Labute approximate surface area is 199 Å². The molecule has 3 N–H and O–H groups in total. The van der Waals surface area contributed by atoms with E-state index in [9.17, 15) is 13.2 Å². The van der Waals surface area contributed by atoms with Gasteiger partial charge < -0.3 is 15.8 Å². The summed E-state index contributed by atoms with van der Waals surface area (Å²) in [5.41, 5.74) is 7.80. The Kier molecular flexibility index (Phi) is 6.65. The van der Waals surface area contributed by atoms with Crippen molar-refractivity contribution in [2.24, 2.45) is 0 Å². The van der Waals surface area contributed by atoms with E-state index in [0.717, 1.165) is 21.0 Å². The molecule has 1 amide bonds. The van der Waals surface area contributed by atoms with Crippen LogP contribution in [0.2, 0.25) is 0 Å². The minimum atomic E-state index is -3.62. The highest BCUT2D eigenvalue weighted by Gasteiger charge is 2.41. The second-order valence-electron chi connectivity index (χ2n) is 8.37. The molecule has 2 heterocycles. The predicted molar refractivity (Wildman–Crippen MR) is 130 cm³/mol. The van der Waals surface area contributed by atoms with Crippen molar-refractivity contribution >= 4 is 27.6 Å². The fourth-order valence-corrected chi connectivity index (χ4v) is 4.98. The summed E-state index contributed by atoms with van der Waals surface area (Å²) in [6, 6.07) is 14.0. The maximum absolute atomic E-state index is 13.6. The van der Waals surface area contributed by atoms with Gasteiger partial charge in [0.2, 0.25) is 21.9 Å². The van der Waals surface area contributed by atoms with E-state index in [2.05, 4.69) is 15.3 Å². The molecule has 9 nitrogen and oxygen atoms in total. The number of carbonyl (C=O) groups is 1. The van der Waals surface area contributed by atoms with Gasteiger partial charge in [-0.15, -0.1) is 0 Å². The number of nitrogens with two attached hydrogens (primary N) is 1. The summed E-state index contributed by atoms with van der Waals surface area (Å²) >= 11 is 0. The van der Waals surface area contributed by atoms with Gasteiger partial charge in [0.1, 0.15) is 0 Å². The van der Waals surface area contributed by atoms with E-state index >= 15 is 0 Å². The summed E-state index contributed by atoms with van der Waals surface area (Å²) in [4.78, 5) is 21.8. The number of carbonyl (C=O) groups excluding carboxylic acids is 1. The van der Waals surface area contributed by atoms with Crippen LogP contribution in [0.15, 0.2) is 65.8 Å². The van der Waals surface area contributed by atoms with E-state index in [1.165, 1.54) is 26.2 Å². The third-order valence-electron chi connectivity index (χ3n) is 6.09. The highest BCUT2D eigenvalue weighted by Crippen LogP contribution is 2.37. The van der Waals surface area contributed by atoms with Crippen molar-refractivity contribution in [3.8, 4) is 11.1 Å². The van der Waals surface area contributed by atoms with Crippen molar-refractivity contribution < 1.29 is 17.9 Å². The Morgan fingerprint density at radius 2 is 1.68 bits per heavy atom. The predicted octanol–water partition coefficient (Wildman–Crippen LogP) is 2.66. The van der Waals surface area contributed by atoms with Crippen molar-refractivity contribution in [2.45, 2.75) is 23.2 Å². The minimum Gasteiger partial charge on any atom is -0.381 e. The highest BCUT2D eigenvalue weighted by atomic mass is 32.2. The van der Waals surface area contributed by atoms with E-state index < -0.39 is 15.4 Å². The standard InChI is InChI=1S/C24H27N5O4S/c1-29(2)34(31,32)21-5-3-4-20(14-21)28-22(30)24(10-12-33-13-11-24)19-8-6-17(7-9-19)18-15-26-23(25)27-16-18/h3-9,14-16H,10-13H2,1-2H3,(H,28,30)(H2,25,26,27). The Balaban J connectivity index is 1.63. The number of anilines is 2. The van der Waals surface area contributed by atoms with Crippen LogP contribution in [-0.4, -0.2) is 55.9 Å². The van der Waals surface area contributed by atoms with Gasteiger partial charge >= 0.3 is 0 Å². The Morgan fingerprint density at radius 3 is 2.29 bits per heavy atom. The molecule has 1 aliphatic heterocycles. The molecule has 0 spiro atoms. The number of nitrogens with zero attached hydrogens (tertiary/aromatic N) is 3. The monoisotopic (exact) mass is 481 g/mol. The fourth-order valence-electron chi connectivity index (χ4n) is 4.03. The number of hydrogen-bond donors (Lipinski definition) is 2. The molecule has 1 fully saturated rings. The molecule has 2 aromatic carbocycles. The lowest BCUT2D eigenvalue weighted by atomic mass is 9.73. The van der Waals surface area contributed by atoms with Crippen molar-refractivity contribution in [3.05, 3.63) is 66.5 Å². The van der Waals surface area contributed by atoms with Crippen LogP contribution in [0.5, 0.6) is 0 Å². The zero-order chi connectivity index (χ0) is 24.3. The summed E-state index contributed by atoms with van der Waals surface area (Å²) in [6.07, 6.45) is 4.34. The van der Waals surface area contributed by atoms with Crippen LogP contribution in [0, 0.1) is 0 Å². The number of sulfonamides is 1. The van der Waals surface area contributed by atoms with Gasteiger partial charge in [0.05, 0.1) is 10.3 Å². The molecule has 1 saturated heterocycles. The first-order chi connectivity index (χ1) is 16.2. The van der Waals surface area contributed by atoms with E-state index in [1.54, 1.807) is 24.5 Å². The second kappa shape index (κ2) is 9.49. The average Bonchev–Trinajstić information content (AvgIpc) is 2.85. The fraction of sp³-hybridized carbons (Fsp3) is 0.292. The third kappa shape index (κ3) is 4.65. The number of amides is 1. The summed E-state index contributed by atoms with van der Waals surface area (Å²) in [7, 11) is -0.677. The van der Waals surface area contributed by atoms with Crippen LogP contribution in [0.4, 0.5) is 11.6 Å². The van der Waals surface area contributed by atoms with Crippen LogP contribution in [0.25, 0.3) is 11.1 Å². The molecule has 0 aliphatic carbocycles. The molecule has 10 heteroatoms. The highest BCUT2D eigenvalue weighted by molar-refractivity contribution is 7.89. The minimum absolute atomic E-state index is 0.117. The molecule has 0 bridgehead atoms. The zero-order valence-electron chi connectivity index (χ0n) is 19.1. The van der Waals surface area contributed by atoms with Gasteiger partial charge in [-0.1, -0.05) is 30.3 Å². The molecular weight excluding hydrogens is 454 g/mol. The van der Waals surface area contributed by atoms with E-state index in [0.29, 0.717) is 31.7 Å². The van der Waals surface area contributed by atoms with Gasteiger partial charge in [-0.3, -0.25) is 4.79 Å². The molecule has 34 heavy (non-hydrogen) atoms. The summed E-state index contributed by atoms with van der Waals surface area (Å²) in [5, 5.41) is 2.94. The lowest BCUT2D eigenvalue weighted by Gasteiger charge is -2.36. The molecular formula is C24H27N5O4S. The second-order valence-corrected chi connectivity index (χ2v) is 10.5. The Bertz CT molecular complexity index is 1270. The van der Waals surface area contributed by atoms with Gasteiger partial charge in [-0.05, 0) is 42.2 Å². The lowest BCUT2D eigenvalue weighted by molar-refractivity contribution is -0.125. The number of nitrogen functional groups attached to an aromatic ring is 1. The van der Waals surface area contributed by atoms with Gasteiger partial charge in [-0.2, -0.15) is 0 Å². The van der Waals surface area contributed by atoms with Crippen LogP contribution in [-0.2, 0) is 25.0 Å². The lowest BCUT2D eigenvalue weighted by Crippen LogP contribution is -2.44. The molecule has 0 atom stereocenters. The molecule has 4 rings (SSSR count). The van der Waals surface area contributed by atoms with E-state index in [-0.39, 0.29) is 16.8 Å². The summed E-state index contributed by atoms with van der Waals surface area (Å²) < 4.78 is 31.7. The summed E-state index contributed by atoms with van der Waals surface area (Å²) in [6.45, 7) is 0.909. The number of rotatable bonds is 6.